The minimum absolute atomic E-state index is 0.232. The molecule has 0 radical (unpaired) electrons. The van der Waals surface area contributed by atoms with Crippen LogP contribution in [-0.4, -0.2) is 27.4 Å². The Balaban J connectivity index is 2.10. The van der Waals surface area contributed by atoms with Gasteiger partial charge in [0, 0.05) is 24.5 Å². The summed E-state index contributed by atoms with van der Waals surface area (Å²) in [7, 11) is 1.52. The fourth-order valence-electron chi connectivity index (χ4n) is 2.14. The molecule has 0 N–H and O–H groups in total. The van der Waals surface area contributed by atoms with Crippen LogP contribution in [0.4, 0.5) is 13.2 Å². The van der Waals surface area contributed by atoms with Gasteiger partial charge in [-0.3, -0.25) is 9.59 Å². The Morgan fingerprint density at radius 2 is 2.08 bits per heavy atom. The van der Waals surface area contributed by atoms with Crippen molar-refractivity contribution in [3.63, 3.8) is 0 Å². The van der Waals surface area contributed by atoms with Crippen LogP contribution in [0.2, 0.25) is 0 Å². The average Bonchev–Trinajstić information content (AvgIpc) is 2.96. The van der Waals surface area contributed by atoms with Crippen LogP contribution in [0.3, 0.4) is 0 Å². The summed E-state index contributed by atoms with van der Waals surface area (Å²) in [6.07, 6.45) is -3.58. The van der Waals surface area contributed by atoms with E-state index in [4.69, 9.17) is 0 Å². The molecule has 25 heavy (non-hydrogen) atoms. The van der Waals surface area contributed by atoms with E-state index in [9.17, 15) is 22.8 Å². The maximum Gasteiger partial charge on any atom is 0.421 e. The molecule has 136 valence electrons. The van der Waals surface area contributed by atoms with Gasteiger partial charge in [-0.05, 0) is 12.1 Å². The highest BCUT2D eigenvalue weighted by Gasteiger charge is 2.34. The largest absolute Gasteiger partial charge is 0.421 e. The molecule has 0 saturated heterocycles. The van der Waals surface area contributed by atoms with Crippen molar-refractivity contribution in [2.75, 3.05) is 7.05 Å². The zero-order valence-corrected chi connectivity index (χ0v) is 14.8. The van der Waals surface area contributed by atoms with Gasteiger partial charge in [0.2, 0.25) is 5.91 Å². The molecule has 2 rings (SSSR count). The van der Waals surface area contributed by atoms with E-state index in [1.54, 1.807) is 0 Å². The first-order chi connectivity index (χ1) is 11.6. The molecule has 2 aromatic rings. The molecule has 0 spiro atoms. The third kappa shape index (κ3) is 4.68. The first-order valence-electron chi connectivity index (χ1n) is 7.54. The van der Waals surface area contributed by atoms with Gasteiger partial charge in [-0.2, -0.15) is 13.2 Å². The molecule has 0 aliphatic carbocycles. The van der Waals surface area contributed by atoms with E-state index in [0.29, 0.717) is 11.8 Å². The Morgan fingerprint density at radius 3 is 2.64 bits per heavy atom. The monoisotopic (exact) mass is 373 g/mol. The second-order valence-corrected chi connectivity index (χ2v) is 6.82. The van der Waals surface area contributed by atoms with Crippen LogP contribution < -0.4 is 5.56 Å². The number of aromatic nitrogens is 2. The van der Waals surface area contributed by atoms with Crippen LogP contribution in [-0.2, 0) is 24.1 Å². The third-order valence-corrected chi connectivity index (χ3v) is 4.71. The number of rotatable bonds is 5. The summed E-state index contributed by atoms with van der Waals surface area (Å²) < 4.78 is 39.1. The Kier molecular flexibility index (Phi) is 5.66. The molecule has 5 nitrogen and oxygen atoms in total. The molecule has 0 bridgehead atoms. The van der Waals surface area contributed by atoms with Crippen LogP contribution in [0, 0.1) is 0 Å². The van der Waals surface area contributed by atoms with Gasteiger partial charge in [0.1, 0.15) is 12.1 Å². The standard InChI is InChI=1S/C16H18F3N3O2S/c1-10(2)14-20-11(9-25-14)7-21(3)13(23)8-22-6-4-5-12(15(22)24)16(17,18)19/h4-6,9-10H,7-8H2,1-3H3. The van der Waals surface area contributed by atoms with E-state index in [1.807, 2.05) is 19.2 Å². The minimum Gasteiger partial charge on any atom is -0.338 e. The summed E-state index contributed by atoms with van der Waals surface area (Å²) >= 11 is 1.49. The molecule has 0 aromatic carbocycles. The average molecular weight is 373 g/mol. The first-order valence-corrected chi connectivity index (χ1v) is 8.42. The van der Waals surface area contributed by atoms with E-state index in [0.717, 1.165) is 15.6 Å². The molecule has 0 fully saturated rings. The van der Waals surface area contributed by atoms with Crippen LogP contribution in [0.15, 0.2) is 28.5 Å². The SMILES string of the molecule is CC(C)c1nc(CN(C)C(=O)Cn2cccc(C(F)(F)F)c2=O)cs1. The number of likely N-dealkylation sites (N-methyl/N-ethyl adjacent to an activating group) is 1. The highest BCUT2D eigenvalue weighted by atomic mass is 32.1. The number of hydrogen-bond acceptors (Lipinski definition) is 4. The van der Waals surface area contributed by atoms with Gasteiger partial charge in [0.05, 0.1) is 17.2 Å². The fourth-order valence-corrected chi connectivity index (χ4v) is 2.96. The lowest BCUT2D eigenvalue weighted by Crippen LogP contribution is -2.35. The van der Waals surface area contributed by atoms with Crippen LogP contribution in [0.5, 0.6) is 0 Å². The van der Waals surface area contributed by atoms with E-state index >= 15 is 0 Å². The first kappa shape index (κ1) is 19.2. The minimum atomic E-state index is -4.75. The number of nitrogens with zero attached hydrogens (tertiary/aromatic N) is 3. The second-order valence-electron chi connectivity index (χ2n) is 5.93. The topological polar surface area (TPSA) is 55.2 Å². The van der Waals surface area contributed by atoms with Gasteiger partial charge < -0.3 is 9.47 Å². The molecule has 0 aliphatic heterocycles. The van der Waals surface area contributed by atoms with Gasteiger partial charge in [0.15, 0.2) is 0 Å². The van der Waals surface area contributed by atoms with Crippen molar-refractivity contribution >= 4 is 17.2 Å². The fraction of sp³-hybridized carbons (Fsp3) is 0.438. The summed E-state index contributed by atoms with van der Waals surface area (Å²) in [5.74, 6) is -0.191. The number of carbonyl (C=O) groups excluding carboxylic acids is 1. The molecule has 0 atom stereocenters. The molecule has 0 aliphatic rings. The van der Waals surface area contributed by atoms with Gasteiger partial charge in [-0.15, -0.1) is 11.3 Å². The molecule has 0 unspecified atom stereocenters. The van der Waals surface area contributed by atoms with Crippen molar-refractivity contribution in [2.24, 2.45) is 0 Å². The quantitative estimate of drug-likeness (QED) is 0.809. The number of amides is 1. The summed E-state index contributed by atoms with van der Waals surface area (Å²) in [6, 6.07) is 1.81. The third-order valence-electron chi connectivity index (χ3n) is 3.52. The highest BCUT2D eigenvalue weighted by molar-refractivity contribution is 7.09. The van der Waals surface area contributed by atoms with Crippen molar-refractivity contribution in [2.45, 2.75) is 39.0 Å². The van der Waals surface area contributed by atoms with E-state index < -0.39 is 29.8 Å². The van der Waals surface area contributed by atoms with E-state index in [1.165, 1.54) is 29.5 Å². The van der Waals surface area contributed by atoms with Crippen molar-refractivity contribution in [1.29, 1.82) is 0 Å². The molecule has 1 amide bonds. The van der Waals surface area contributed by atoms with Crippen molar-refractivity contribution in [3.8, 4) is 0 Å². The van der Waals surface area contributed by atoms with Gasteiger partial charge in [-0.25, -0.2) is 4.98 Å². The summed E-state index contributed by atoms with van der Waals surface area (Å²) in [5.41, 5.74) is -1.81. The highest BCUT2D eigenvalue weighted by Crippen LogP contribution is 2.26. The Bertz CT molecular complexity index is 811. The predicted molar refractivity (Wildman–Crippen MR) is 88.4 cm³/mol. The normalized spacial score (nSPS) is 11.8. The molecule has 2 heterocycles. The lowest BCUT2D eigenvalue weighted by molar-refractivity contribution is -0.139. The molecule has 0 saturated carbocycles. The van der Waals surface area contributed by atoms with Gasteiger partial charge >= 0.3 is 6.18 Å². The van der Waals surface area contributed by atoms with Crippen LogP contribution >= 0.6 is 11.3 Å². The van der Waals surface area contributed by atoms with Crippen molar-refractivity contribution in [3.05, 3.63) is 50.3 Å². The number of carbonyl (C=O) groups is 1. The second kappa shape index (κ2) is 7.38. The summed E-state index contributed by atoms with van der Waals surface area (Å²) in [4.78, 5) is 29.9. The number of halogens is 3. The number of thiazole rings is 1. The summed E-state index contributed by atoms with van der Waals surface area (Å²) in [5, 5.41) is 2.79. The lowest BCUT2D eigenvalue weighted by Gasteiger charge is -2.17. The maximum absolute atomic E-state index is 12.8. The summed E-state index contributed by atoms with van der Waals surface area (Å²) in [6.45, 7) is 3.80. The lowest BCUT2D eigenvalue weighted by atomic mass is 10.2. The van der Waals surface area contributed by atoms with Gasteiger partial charge in [-0.1, -0.05) is 13.8 Å². The van der Waals surface area contributed by atoms with Crippen LogP contribution in [0.25, 0.3) is 0 Å². The number of alkyl halides is 3. The zero-order valence-electron chi connectivity index (χ0n) is 14.0. The van der Waals surface area contributed by atoms with Gasteiger partial charge in [0.25, 0.3) is 5.56 Å². The predicted octanol–water partition coefficient (Wildman–Crippen LogP) is 3.11. The molecule has 2 aromatic heterocycles. The smallest absolute Gasteiger partial charge is 0.338 e. The van der Waals surface area contributed by atoms with Crippen LogP contribution in [0.1, 0.15) is 36.0 Å². The molecular weight excluding hydrogens is 355 g/mol. The Labute approximate surface area is 146 Å². The van der Waals surface area contributed by atoms with E-state index in [-0.39, 0.29) is 12.5 Å². The maximum atomic E-state index is 12.8. The van der Waals surface area contributed by atoms with Crippen molar-refractivity contribution < 1.29 is 18.0 Å². The van der Waals surface area contributed by atoms with Crippen molar-refractivity contribution in [1.82, 2.24) is 14.5 Å². The molecule has 9 heteroatoms. The number of hydrogen-bond donors (Lipinski definition) is 0. The van der Waals surface area contributed by atoms with E-state index in [2.05, 4.69) is 4.98 Å². The Morgan fingerprint density at radius 1 is 1.40 bits per heavy atom. The molecular formula is C16H18F3N3O2S. The zero-order chi connectivity index (χ0) is 18.8. The number of pyridine rings is 1. The Hall–Kier alpha value is -2.16.